The first-order chi connectivity index (χ1) is 11.4. The minimum Gasteiger partial charge on any atom is -0.378 e. The Hall–Kier alpha value is -1.85. The summed E-state index contributed by atoms with van der Waals surface area (Å²) in [6.45, 7) is 2.76. The van der Waals surface area contributed by atoms with Crippen LogP contribution in [0, 0.1) is 0 Å². The molecule has 128 valence electrons. The highest BCUT2D eigenvalue weighted by molar-refractivity contribution is 9.10. The Labute approximate surface area is 152 Å². The smallest absolute Gasteiger partial charge is 0.282 e. The SMILES string of the molecule is C[C@H](C(=O)Nc1ccc(Br)cc1)[NH+](C)Cc1ccc(N(C)C)cc1. The van der Waals surface area contributed by atoms with E-state index in [9.17, 15) is 4.79 Å². The molecule has 24 heavy (non-hydrogen) atoms. The number of halogens is 1. The lowest BCUT2D eigenvalue weighted by molar-refractivity contribution is -0.907. The molecule has 0 fully saturated rings. The minimum absolute atomic E-state index is 0.0275. The number of nitrogens with one attached hydrogen (secondary N) is 2. The van der Waals surface area contributed by atoms with Gasteiger partial charge in [0.15, 0.2) is 6.04 Å². The predicted molar refractivity (Wildman–Crippen MR) is 104 cm³/mol. The van der Waals surface area contributed by atoms with Crippen molar-refractivity contribution in [2.24, 2.45) is 0 Å². The van der Waals surface area contributed by atoms with E-state index in [4.69, 9.17) is 0 Å². The van der Waals surface area contributed by atoms with Gasteiger partial charge in [-0.25, -0.2) is 0 Å². The zero-order chi connectivity index (χ0) is 17.7. The standard InChI is InChI=1S/C19H24BrN3O/c1-14(19(24)21-17-9-7-16(20)8-10-17)23(4)13-15-5-11-18(12-6-15)22(2)3/h5-12,14H,13H2,1-4H3,(H,21,24)/p+1/t14-/m1/s1. The Morgan fingerprint density at radius 3 is 2.25 bits per heavy atom. The van der Waals surface area contributed by atoms with Gasteiger partial charge in [-0.1, -0.05) is 28.1 Å². The van der Waals surface area contributed by atoms with Crippen LogP contribution >= 0.6 is 15.9 Å². The van der Waals surface area contributed by atoms with Crippen molar-refractivity contribution < 1.29 is 9.69 Å². The lowest BCUT2D eigenvalue weighted by Crippen LogP contribution is -3.12. The number of carbonyl (C=O) groups excluding carboxylic acids is 1. The van der Waals surface area contributed by atoms with Crippen LogP contribution in [-0.2, 0) is 11.3 Å². The fraction of sp³-hybridized carbons (Fsp3) is 0.316. The number of anilines is 2. The molecule has 0 spiro atoms. The van der Waals surface area contributed by atoms with Gasteiger partial charge in [-0.2, -0.15) is 0 Å². The van der Waals surface area contributed by atoms with Crippen molar-refractivity contribution in [3.8, 4) is 0 Å². The lowest BCUT2D eigenvalue weighted by atomic mass is 10.1. The molecule has 0 saturated heterocycles. The summed E-state index contributed by atoms with van der Waals surface area (Å²) in [4.78, 5) is 15.7. The van der Waals surface area contributed by atoms with Gasteiger partial charge >= 0.3 is 0 Å². The highest BCUT2D eigenvalue weighted by atomic mass is 79.9. The molecule has 2 rings (SSSR count). The van der Waals surface area contributed by atoms with E-state index in [1.807, 2.05) is 52.3 Å². The summed E-state index contributed by atoms with van der Waals surface area (Å²) < 4.78 is 0.998. The molecule has 2 aromatic rings. The highest BCUT2D eigenvalue weighted by Crippen LogP contribution is 2.14. The van der Waals surface area contributed by atoms with E-state index in [0.717, 1.165) is 21.6 Å². The number of amides is 1. The average molecular weight is 391 g/mol. The topological polar surface area (TPSA) is 36.8 Å². The molecule has 0 bridgehead atoms. The Morgan fingerprint density at radius 2 is 1.71 bits per heavy atom. The molecular formula is C19H25BrN3O+. The number of quaternary nitrogens is 1. The van der Waals surface area contributed by atoms with E-state index in [0.29, 0.717) is 0 Å². The number of likely N-dealkylation sites (N-methyl/N-ethyl adjacent to an activating group) is 1. The number of hydrogen-bond acceptors (Lipinski definition) is 2. The second-order valence-electron chi connectivity index (χ2n) is 6.30. The summed E-state index contributed by atoms with van der Waals surface area (Å²) in [7, 11) is 6.10. The van der Waals surface area contributed by atoms with Crippen LogP contribution in [0.2, 0.25) is 0 Å². The molecule has 0 aromatic heterocycles. The molecule has 5 heteroatoms. The third-order valence-electron chi connectivity index (χ3n) is 4.18. The van der Waals surface area contributed by atoms with E-state index in [-0.39, 0.29) is 11.9 Å². The molecule has 4 nitrogen and oxygen atoms in total. The first kappa shape index (κ1) is 18.5. The van der Waals surface area contributed by atoms with Crippen LogP contribution in [0.5, 0.6) is 0 Å². The third kappa shape index (κ3) is 5.08. The van der Waals surface area contributed by atoms with Crippen molar-refractivity contribution in [2.75, 3.05) is 31.4 Å². The van der Waals surface area contributed by atoms with E-state index < -0.39 is 0 Å². The van der Waals surface area contributed by atoms with Crippen LogP contribution in [0.25, 0.3) is 0 Å². The molecule has 1 unspecified atom stereocenters. The van der Waals surface area contributed by atoms with E-state index in [2.05, 4.69) is 50.4 Å². The van der Waals surface area contributed by atoms with Crippen molar-refractivity contribution in [3.05, 3.63) is 58.6 Å². The molecule has 0 aliphatic heterocycles. The summed E-state index contributed by atoms with van der Waals surface area (Å²) >= 11 is 3.39. The highest BCUT2D eigenvalue weighted by Gasteiger charge is 2.22. The summed E-state index contributed by atoms with van der Waals surface area (Å²) in [5.74, 6) is 0.0275. The first-order valence-corrected chi connectivity index (χ1v) is 8.81. The molecule has 2 atom stereocenters. The van der Waals surface area contributed by atoms with E-state index >= 15 is 0 Å². The van der Waals surface area contributed by atoms with Gasteiger partial charge in [0, 0.05) is 35.5 Å². The normalized spacial score (nSPS) is 13.2. The van der Waals surface area contributed by atoms with Gasteiger partial charge in [-0.05, 0) is 43.3 Å². The maximum absolute atomic E-state index is 12.4. The van der Waals surface area contributed by atoms with Crippen LogP contribution in [0.4, 0.5) is 11.4 Å². The average Bonchev–Trinajstić information content (AvgIpc) is 2.56. The van der Waals surface area contributed by atoms with Gasteiger partial charge in [0.25, 0.3) is 5.91 Å². The number of rotatable bonds is 6. The third-order valence-corrected chi connectivity index (χ3v) is 4.71. The number of nitrogens with zero attached hydrogens (tertiary/aromatic N) is 1. The molecule has 0 heterocycles. The monoisotopic (exact) mass is 390 g/mol. The molecular weight excluding hydrogens is 366 g/mol. The molecule has 0 saturated carbocycles. The Morgan fingerprint density at radius 1 is 1.12 bits per heavy atom. The lowest BCUT2D eigenvalue weighted by Gasteiger charge is -2.21. The second kappa shape index (κ2) is 8.31. The second-order valence-corrected chi connectivity index (χ2v) is 7.22. The predicted octanol–water partition coefficient (Wildman–Crippen LogP) is 2.56. The van der Waals surface area contributed by atoms with Crippen LogP contribution < -0.4 is 15.1 Å². The number of benzene rings is 2. The summed E-state index contributed by atoms with van der Waals surface area (Å²) in [6, 6.07) is 15.9. The fourth-order valence-electron chi connectivity index (χ4n) is 2.39. The molecule has 2 N–H and O–H groups in total. The van der Waals surface area contributed by atoms with E-state index in [1.165, 1.54) is 11.3 Å². The quantitative estimate of drug-likeness (QED) is 0.794. The van der Waals surface area contributed by atoms with Crippen molar-refractivity contribution in [2.45, 2.75) is 19.5 Å². The number of carbonyl (C=O) groups is 1. The van der Waals surface area contributed by atoms with Crippen molar-refractivity contribution in [3.63, 3.8) is 0 Å². The van der Waals surface area contributed by atoms with Gasteiger partial charge < -0.3 is 15.1 Å². The Kier molecular flexibility index (Phi) is 6.40. The van der Waals surface area contributed by atoms with Crippen LogP contribution in [0.15, 0.2) is 53.0 Å². The zero-order valence-corrected chi connectivity index (χ0v) is 16.2. The largest absolute Gasteiger partial charge is 0.378 e. The van der Waals surface area contributed by atoms with Gasteiger partial charge in [-0.15, -0.1) is 0 Å². The maximum Gasteiger partial charge on any atom is 0.282 e. The van der Waals surface area contributed by atoms with Gasteiger partial charge in [0.2, 0.25) is 0 Å². The van der Waals surface area contributed by atoms with Crippen LogP contribution in [0.1, 0.15) is 12.5 Å². The van der Waals surface area contributed by atoms with Crippen LogP contribution in [0.3, 0.4) is 0 Å². The Bertz CT molecular complexity index is 668. The first-order valence-electron chi connectivity index (χ1n) is 8.02. The molecule has 2 aromatic carbocycles. The molecule has 0 aliphatic carbocycles. The minimum atomic E-state index is -0.137. The van der Waals surface area contributed by atoms with Gasteiger partial charge in [0.05, 0.1) is 7.05 Å². The van der Waals surface area contributed by atoms with Gasteiger partial charge in [0.1, 0.15) is 6.54 Å². The van der Waals surface area contributed by atoms with E-state index in [1.54, 1.807) is 0 Å². The summed E-state index contributed by atoms with van der Waals surface area (Å²) in [6.07, 6.45) is 0. The maximum atomic E-state index is 12.4. The van der Waals surface area contributed by atoms with Crippen molar-refractivity contribution >= 4 is 33.2 Å². The zero-order valence-electron chi connectivity index (χ0n) is 14.6. The molecule has 1 amide bonds. The molecule has 0 aliphatic rings. The Balaban J connectivity index is 1.94. The van der Waals surface area contributed by atoms with Gasteiger partial charge in [-0.3, -0.25) is 4.79 Å². The molecule has 0 radical (unpaired) electrons. The van der Waals surface area contributed by atoms with Crippen molar-refractivity contribution in [1.82, 2.24) is 0 Å². The summed E-state index contributed by atoms with van der Waals surface area (Å²) in [5.41, 5.74) is 3.22. The summed E-state index contributed by atoms with van der Waals surface area (Å²) in [5, 5.41) is 2.97. The van der Waals surface area contributed by atoms with Crippen molar-refractivity contribution in [1.29, 1.82) is 0 Å². The fourth-order valence-corrected chi connectivity index (χ4v) is 2.66. The number of hydrogen-bond donors (Lipinski definition) is 2. The van der Waals surface area contributed by atoms with Crippen LogP contribution in [-0.4, -0.2) is 33.1 Å².